The van der Waals surface area contributed by atoms with E-state index in [1.165, 1.54) is 47.6 Å². The molecule has 3 unspecified atom stereocenters. The number of benzene rings is 1. The minimum atomic E-state index is -1.85. The van der Waals surface area contributed by atoms with Gasteiger partial charge >= 0.3 is 18.2 Å². The quantitative estimate of drug-likeness (QED) is 0.371. The summed E-state index contributed by atoms with van der Waals surface area (Å²) in [6.07, 6.45) is 3.48. The third-order valence-corrected chi connectivity index (χ3v) is 6.46. The third kappa shape index (κ3) is 3.25. The Hall–Kier alpha value is -4.32. The summed E-state index contributed by atoms with van der Waals surface area (Å²) >= 11 is 0. The van der Waals surface area contributed by atoms with Crippen molar-refractivity contribution in [3.05, 3.63) is 66.3 Å². The fourth-order valence-electron chi connectivity index (χ4n) is 4.96. The summed E-state index contributed by atoms with van der Waals surface area (Å²) in [4.78, 5) is 52.8. The Balaban J connectivity index is 1.92. The molecular formula is C23H25N4O8+. The van der Waals surface area contributed by atoms with Gasteiger partial charge < -0.3 is 25.0 Å². The highest BCUT2D eigenvalue weighted by Gasteiger charge is 2.77. The molecule has 0 aromatic heterocycles. The van der Waals surface area contributed by atoms with E-state index in [2.05, 4.69) is 0 Å². The van der Waals surface area contributed by atoms with Gasteiger partial charge in [-0.1, -0.05) is 17.6 Å². The highest BCUT2D eigenvalue weighted by molar-refractivity contribution is 6.05. The lowest BCUT2D eigenvalue weighted by Crippen LogP contribution is -2.76. The number of quaternary nitrogens is 1. The average Bonchev–Trinajstić information content (AvgIpc) is 3.33. The molecule has 184 valence electrons. The van der Waals surface area contributed by atoms with Gasteiger partial charge in [0, 0.05) is 24.7 Å². The molecule has 1 aromatic rings. The van der Waals surface area contributed by atoms with E-state index in [1.54, 1.807) is 31.2 Å². The highest BCUT2D eigenvalue weighted by atomic mass is 16.5. The number of aliphatic carboxylic acids is 1. The van der Waals surface area contributed by atoms with Gasteiger partial charge in [0.25, 0.3) is 0 Å². The second-order valence-electron chi connectivity index (χ2n) is 8.18. The van der Waals surface area contributed by atoms with Crippen LogP contribution in [0.5, 0.6) is 5.75 Å². The van der Waals surface area contributed by atoms with Gasteiger partial charge in [-0.25, -0.2) is 4.79 Å². The monoisotopic (exact) mass is 485 g/mol. The number of ether oxygens (including phenoxy) is 1. The fourth-order valence-corrected chi connectivity index (χ4v) is 4.96. The van der Waals surface area contributed by atoms with Crippen LogP contribution in [0.1, 0.15) is 30.1 Å². The lowest BCUT2D eigenvalue weighted by atomic mass is 9.91. The summed E-state index contributed by atoms with van der Waals surface area (Å²) in [6.45, 7) is 1.53. The van der Waals surface area contributed by atoms with Crippen molar-refractivity contribution >= 4 is 23.9 Å². The second-order valence-corrected chi connectivity index (χ2v) is 8.18. The molecule has 0 aliphatic carbocycles. The number of allylic oxidation sites excluding steroid dienone is 2. The minimum Gasteiger partial charge on any atom is -0.497 e. The van der Waals surface area contributed by atoms with E-state index in [0.717, 1.165) is 4.90 Å². The van der Waals surface area contributed by atoms with E-state index in [-0.39, 0.29) is 30.8 Å². The van der Waals surface area contributed by atoms with Gasteiger partial charge in [0.2, 0.25) is 23.4 Å². The molecule has 4 heterocycles. The number of Topliss-reactive ketones (excluding diaryl/α,β-unsaturated/α-hetero) is 1. The maximum Gasteiger partial charge on any atom is 0.546 e. The van der Waals surface area contributed by atoms with Gasteiger partial charge in [-0.3, -0.25) is 9.59 Å². The molecule has 3 N–H and O–H groups in total. The first kappa shape index (κ1) is 23.8. The van der Waals surface area contributed by atoms with Crippen LogP contribution in [0, 0.1) is 0 Å². The van der Waals surface area contributed by atoms with Gasteiger partial charge in [0.15, 0.2) is 6.20 Å². The summed E-state index contributed by atoms with van der Waals surface area (Å²) in [7, 11) is 1.48. The summed E-state index contributed by atoms with van der Waals surface area (Å²) in [6, 6.07) is 6.20. The van der Waals surface area contributed by atoms with Crippen LogP contribution >= 0.6 is 0 Å². The molecular weight excluding hydrogens is 460 g/mol. The molecule has 3 atom stereocenters. The Morgan fingerprint density at radius 1 is 1.09 bits per heavy atom. The first-order chi connectivity index (χ1) is 16.6. The van der Waals surface area contributed by atoms with Crippen molar-refractivity contribution < 1.29 is 43.8 Å². The zero-order valence-electron chi connectivity index (χ0n) is 19.1. The minimum absolute atomic E-state index is 0.0360. The summed E-state index contributed by atoms with van der Waals surface area (Å²) < 4.78 is 4.22. The summed E-state index contributed by atoms with van der Waals surface area (Å²) in [5, 5.41) is 30.8. The Morgan fingerprint density at radius 3 is 2.31 bits per heavy atom. The predicted molar refractivity (Wildman–Crippen MR) is 119 cm³/mol. The number of carbonyl (C=O) groups is 4. The van der Waals surface area contributed by atoms with E-state index in [9.17, 15) is 34.5 Å². The number of carbonyl (C=O) groups excluding carboxylic acids is 1. The van der Waals surface area contributed by atoms with Gasteiger partial charge in [0.05, 0.1) is 13.5 Å². The van der Waals surface area contributed by atoms with Crippen molar-refractivity contribution in [3.63, 3.8) is 0 Å². The van der Waals surface area contributed by atoms with Crippen molar-refractivity contribution in [3.8, 4) is 5.75 Å². The number of rotatable bonds is 8. The molecule has 12 nitrogen and oxygen atoms in total. The molecule has 0 saturated carbocycles. The van der Waals surface area contributed by atoms with Crippen LogP contribution in [-0.2, 0) is 4.79 Å². The summed E-state index contributed by atoms with van der Waals surface area (Å²) in [5.41, 5.74) is -1.64. The molecule has 0 spiro atoms. The first-order valence-corrected chi connectivity index (χ1v) is 10.9. The van der Waals surface area contributed by atoms with Crippen LogP contribution in [0.3, 0.4) is 0 Å². The molecule has 0 radical (unpaired) electrons. The zero-order chi connectivity index (χ0) is 25.5. The number of ketones is 1. The lowest BCUT2D eigenvalue weighted by molar-refractivity contribution is -0.959. The zero-order valence-corrected chi connectivity index (χ0v) is 19.1. The van der Waals surface area contributed by atoms with Gasteiger partial charge in [-0.15, -0.1) is 5.01 Å². The van der Waals surface area contributed by atoms with Gasteiger partial charge in [-0.2, -0.15) is 9.69 Å². The molecule has 4 aliphatic rings. The molecule has 1 fully saturated rings. The Labute approximate surface area is 200 Å². The standard InChI is InChI=1S/C23H24N4O8/c1-3-18-25(21(31)32)17-14-27(18,22(33)34)26(17)23(11-4-5-12-24(23)13-10-19(28)29)20(30)15-6-8-16(35-2)9-7-15/h4-9,11-12,14,18H,3,10,13H2,1-2H3,(H2-,28,29,31,32,33,34)/p+1. The molecule has 35 heavy (non-hydrogen) atoms. The van der Waals surface area contributed by atoms with Crippen LogP contribution < -0.4 is 4.74 Å². The van der Waals surface area contributed by atoms with Crippen LogP contribution in [0.15, 0.2) is 60.7 Å². The number of fused-ring (bicyclic) bond motifs is 1. The van der Waals surface area contributed by atoms with Crippen molar-refractivity contribution in [2.45, 2.75) is 31.6 Å². The maximum atomic E-state index is 14.2. The number of nitrogens with zero attached hydrogens (tertiary/aromatic N) is 4. The molecule has 5 rings (SSSR count). The van der Waals surface area contributed by atoms with Crippen molar-refractivity contribution in [2.24, 2.45) is 0 Å². The second kappa shape index (κ2) is 8.47. The van der Waals surface area contributed by atoms with Gasteiger partial charge in [0.1, 0.15) is 5.75 Å². The van der Waals surface area contributed by atoms with E-state index in [4.69, 9.17) is 4.74 Å². The largest absolute Gasteiger partial charge is 0.546 e. The fraction of sp³-hybridized carbons (Fsp3) is 0.304. The summed E-state index contributed by atoms with van der Waals surface area (Å²) in [5.74, 6) is -1.12. The molecule has 1 saturated heterocycles. The van der Waals surface area contributed by atoms with Crippen LogP contribution in [-0.4, -0.2) is 84.1 Å². The lowest BCUT2D eigenvalue weighted by Gasteiger charge is -2.53. The van der Waals surface area contributed by atoms with E-state index >= 15 is 0 Å². The molecule has 4 aliphatic heterocycles. The Kier molecular flexibility index (Phi) is 5.77. The molecule has 2 amide bonds. The Morgan fingerprint density at radius 2 is 1.77 bits per heavy atom. The van der Waals surface area contributed by atoms with E-state index < -0.39 is 40.4 Å². The highest BCUT2D eigenvalue weighted by Crippen LogP contribution is 2.54. The molecule has 1 aromatic carbocycles. The number of carboxylic acids is 1. The maximum absolute atomic E-state index is 14.2. The van der Waals surface area contributed by atoms with Crippen LogP contribution in [0.2, 0.25) is 0 Å². The predicted octanol–water partition coefficient (Wildman–Crippen LogP) is 2.69. The van der Waals surface area contributed by atoms with E-state index in [0.29, 0.717) is 5.75 Å². The number of hydrogen-bond acceptors (Lipinski definition) is 7. The van der Waals surface area contributed by atoms with Crippen LogP contribution in [0.4, 0.5) is 9.59 Å². The van der Waals surface area contributed by atoms with Crippen molar-refractivity contribution in [1.82, 2.24) is 14.8 Å². The van der Waals surface area contributed by atoms with Crippen molar-refractivity contribution in [1.29, 1.82) is 0 Å². The number of methoxy groups -OCH3 is 1. The Bertz CT molecular complexity index is 1180. The van der Waals surface area contributed by atoms with Crippen molar-refractivity contribution in [2.75, 3.05) is 13.7 Å². The number of carboxylic acid groups (broad SMARTS) is 3. The smallest absolute Gasteiger partial charge is 0.497 e. The number of amides is 2. The first-order valence-electron chi connectivity index (χ1n) is 10.9. The average molecular weight is 485 g/mol. The van der Waals surface area contributed by atoms with E-state index in [1.807, 2.05) is 0 Å². The third-order valence-electron chi connectivity index (χ3n) is 6.46. The topological polar surface area (TPSA) is 148 Å². The number of hydrogen-bond donors (Lipinski definition) is 3. The molecule has 12 heteroatoms. The van der Waals surface area contributed by atoms with Gasteiger partial charge in [-0.05, 0) is 36.4 Å². The molecule has 2 bridgehead atoms. The normalized spacial score (nSPS) is 26.3. The SMILES string of the molecule is CCC1N(C(=O)O)C2=C[N+]1(C(=O)O)N2C1(C(=O)c2ccc(OC)cc2)C=CC=CN1CCC(=O)O. The van der Waals surface area contributed by atoms with Crippen LogP contribution in [0.25, 0.3) is 0 Å².